The fourth-order valence-electron chi connectivity index (χ4n) is 3.26. The standard InChI is InChI=1S/C17H33N5O.HI/c1-6-18-15(20-11-16(2,3)21(4)5)22-9-7-8-17(13-22)10-14(23)19-12-17;/h6-13H2,1-5H3,(H,18,20)(H,19,23);1H. The Morgan fingerprint density at radius 1 is 1.46 bits per heavy atom. The van der Waals surface area contributed by atoms with Crippen molar-refractivity contribution in [1.29, 1.82) is 0 Å². The highest BCUT2D eigenvalue weighted by Gasteiger charge is 2.42. The van der Waals surface area contributed by atoms with E-state index in [2.05, 4.69) is 55.3 Å². The van der Waals surface area contributed by atoms with Crippen LogP contribution in [0.25, 0.3) is 0 Å². The fraction of sp³-hybridized carbons (Fsp3) is 0.882. The van der Waals surface area contributed by atoms with Crippen molar-refractivity contribution in [3.8, 4) is 0 Å². The monoisotopic (exact) mass is 451 g/mol. The average molecular weight is 451 g/mol. The lowest BCUT2D eigenvalue weighted by Gasteiger charge is -2.41. The zero-order chi connectivity index (χ0) is 17.1. The molecule has 0 bridgehead atoms. The zero-order valence-electron chi connectivity index (χ0n) is 15.8. The van der Waals surface area contributed by atoms with Gasteiger partial charge in [-0.25, -0.2) is 0 Å². The van der Waals surface area contributed by atoms with E-state index in [1.54, 1.807) is 0 Å². The Bertz CT molecular complexity index is 466. The van der Waals surface area contributed by atoms with E-state index in [9.17, 15) is 4.79 Å². The van der Waals surface area contributed by atoms with E-state index in [1.807, 2.05) is 0 Å². The molecule has 0 radical (unpaired) electrons. The molecule has 140 valence electrons. The maximum absolute atomic E-state index is 11.7. The Morgan fingerprint density at radius 3 is 2.71 bits per heavy atom. The number of aliphatic imine (C=N–C) groups is 1. The van der Waals surface area contributed by atoms with Gasteiger partial charge in [0.05, 0.1) is 6.54 Å². The number of carbonyl (C=O) groups is 1. The molecule has 1 spiro atoms. The van der Waals surface area contributed by atoms with Crippen LogP contribution in [-0.2, 0) is 4.79 Å². The van der Waals surface area contributed by atoms with Crippen molar-refractivity contribution in [3.63, 3.8) is 0 Å². The normalized spacial score (nSPS) is 25.0. The summed E-state index contributed by atoms with van der Waals surface area (Å²) in [6.07, 6.45) is 2.91. The highest BCUT2D eigenvalue weighted by molar-refractivity contribution is 14.0. The van der Waals surface area contributed by atoms with E-state index in [0.29, 0.717) is 6.42 Å². The summed E-state index contributed by atoms with van der Waals surface area (Å²) in [4.78, 5) is 21.1. The molecule has 7 heteroatoms. The smallest absolute Gasteiger partial charge is 0.220 e. The lowest BCUT2D eigenvalue weighted by Crippen LogP contribution is -2.52. The maximum atomic E-state index is 11.7. The SMILES string of the molecule is CCNC(=NCC(C)(C)N(C)C)N1CCCC2(CNC(=O)C2)C1.I. The molecule has 2 aliphatic heterocycles. The highest BCUT2D eigenvalue weighted by Crippen LogP contribution is 2.36. The number of rotatable bonds is 4. The van der Waals surface area contributed by atoms with E-state index < -0.39 is 0 Å². The Morgan fingerprint density at radius 2 is 2.17 bits per heavy atom. The summed E-state index contributed by atoms with van der Waals surface area (Å²) in [5.74, 6) is 1.18. The van der Waals surface area contributed by atoms with Crippen LogP contribution in [0.15, 0.2) is 4.99 Å². The van der Waals surface area contributed by atoms with E-state index in [-0.39, 0.29) is 40.8 Å². The minimum absolute atomic E-state index is 0. The van der Waals surface area contributed by atoms with Gasteiger partial charge in [0, 0.05) is 43.6 Å². The summed E-state index contributed by atoms with van der Waals surface area (Å²) in [5.41, 5.74) is 0.127. The van der Waals surface area contributed by atoms with Crippen LogP contribution in [-0.4, -0.2) is 74.0 Å². The van der Waals surface area contributed by atoms with Gasteiger partial charge in [0.25, 0.3) is 0 Å². The van der Waals surface area contributed by atoms with Gasteiger partial charge in [0.1, 0.15) is 0 Å². The molecule has 0 aromatic rings. The van der Waals surface area contributed by atoms with Crippen molar-refractivity contribution in [3.05, 3.63) is 0 Å². The highest BCUT2D eigenvalue weighted by atomic mass is 127. The number of nitrogens with one attached hydrogen (secondary N) is 2. The van der Waals surface area contributed by atoms with Crippen LogP contribution in [0.5, 0.6) is 0 Å². The molecule has 2 rings (SSSR count). The van der Waals surface area contributed by atoms with Gasteiger partial charge in [-0.3, -0.25) is 9.79 Å². The Balaban J connectivity index is 0.00000288. The van der Waals surface area contributed by atoms with Crippen molar-refractivity contribution in [2.75, 3.05) is 46.8 Å². The average Bonchev–Trinajstić information content (AvgIpc) is 2.83. The number of halogens is 1. The largest absolute Gasteiger partial charge is 0.357 e. The van der Waals surface area contributed by atoms with Crippen molar-refractivity contribution in [2.24, 2.45) is 10.4 Å². The van der Waals surface area contributed by atoms with Gasteiger partial charge in [-0.15, -0.1) is 24.0 Å². The molecule has 0 aromatic carbocycles. The van der Waals surface area contributed by atoms with Crippen LogP contribution in [0, 0.1) is 5.41 Å². The van der Waals surface area contributed by atoms with Gasteiger partial charge in [0.2, 0.25) is 5.91 Å². The number of piperidine rings is 1. The van der Waals surface area contributed by atoms with E-state index in [1.165, 1.54) is 0 Å². The molecule has 0 aromatic heterocycles. The molecular weight excluding hydrogens is 417 g/mol. The van der Waals surface area contributed by atoms with Crippen molar-refractivity contribution in [1.82, 2.24) is 20.4 Å². The molecule has 0 saturated carbocycles. The molecule has 1 atom stereocenters. The van der Waals surface area contributed by atoms with Crippen LogP contribution >= 0.6 is 24.0 Å². The number of nitrogens with zero attached hydrogens (tertiary/aromatic N) is 3. The topological polar surface area (TPSA) is 60.0 Å². The molecule has 1 unspecified atom stereocenters. The minimum atomic E-state index is 0. The first kappa shape index (κ1) is 21.5. The molecule has 6 nitrogen and oxygen atoms in total. The predicted molar refractivity (Wildman–Crippen MR) is 110 cm³/mol. The Hall–Kier alpha value is -0.570. The molecule has 2 aliphatic rings. The molecular formula is C17H34IN5O. The fourth-order valence-corrected chi connectivity index (χ4v) is 3.26. The molecule has 2 N–H and O–H groups in total. The van der Waals surface area contributed by atoms with Crippen LogP contribution in [0.2, 0.25) is 0 Å². The lowest BCUT2D eigenvalue weighted by molar-refractivity contribution is -0.119. The quantitative estimate of drug-likeness (QED) is 0.387. The molecule has 24 heavy (non-hydrogen) atoms. The summed E-state index contributed by atoms with van der Waals surface area (Å²) in [5, 5.41) is 6.44. The molecule has 2 fully saturated rings. The van der Waals surface area contributed by atoms with Gasteiger partial charge in [-0.2, -0.15) is 0 Å². The summed E-state index contributed by atoms with van der Waals surface area (Å²) in [7, 11) is 4.18. The molecule has 2 heterocycles. The third-order valence-electron chi connectivity index (χ3n) is 5.32. The van der Waals surface area contributed by atoms with Crippen LogP contribution < -0.4 is 10.6 Å². The maximum Gasteiger partial charge on any atom is 0.220 e. The number of guanidine groups is 1. The van der Waals surface area contributed by atoms with Gasteiger partial charge in [-0.05, 0) is 47.7 Å². The zero-order valence-corrected chi connectivity index (χ0v) is 18.1. The number of hydrogen-bond donors (Lipinski definition) is 2. The second-order valence-corrected chi connectivity index (χ2v) is 7.86. The van der Waals surface area contributed by atoms with E-state index >= 15 is 0 Å². The van der Waals surface area contributed by atoms with Crippen molar-refractivity contribution >= 4 is 35.8 Å². The Labute approximate surface area is 163 Å². The van der Waals surface area contributed by atoms with Gasteiger partial charge < -0.3 is 20.4 Å². The summed E-state index contributed by atoms with van der Waals surface area (Å²) in [6, 6.07) is 0. The number of amides is 1. The second-order valence-electron chi connectivity index (χ2n) is 7.86. The van der Waals surface area contributed by atoms with E-state index in [4.69, 9.17) is 4.99 Å². The van der Waals surface area contributed by atoms with Crippen molar-refractivity contribution in [2.45, 2.75) is 45.6 Å². The lowest BCUT2D eigenvalue weighted by atomic mass is 9.79. The second kappa shape index (κ2) is 8.69. The minimum Gasteiger partial charge on any atom is -0.357 e. The number of hydrogen-bond acceptors (Lipinski definition) is 3. The molecule has 0 aliphatic carbocycles. The van der Waals surface area contributed by atoms with Crippen molar-refractivity contribution < 1.29 is 4.79 Å². The summed E-state index contributed by atoms with van der Waals surface area (Å²) < 4.78 is 0. The van der Waals surface area contributed by atoms with E-state index in [0.717, 1.165) is 51.5 Å². The van der Waals surface area contributed by atoms with Crippen LogP contribution in [0.4, 0.5) is 0 Å². The number of likely N-dealkylation sites (tertiary alicyclic amines) is 1. The third kappa shape index (κ3) is 5.21. The molecule has 2 saturated heterocycles. The summed E-state index contributed by atoms with van der Waals surface area (Å²) in [6.45, 7) is 10.9. The first-order chi connectivity index (χ1) is 10.8. The van der Waals surface area contributed by atoms with Crippen LogP contribution in [0.1, 0.15) is 40.0 Å². The Kier molecular flexibility index (Phi) is 7.77. The van der Waals surface area contributed by atoms with Gasteiger partial charge in [-0.1, -0.05) is 0 Å². The summed E-state index contributed by atoms with van der Waals surface area (Å²) >= 11 is 0. The van der Waals surface area contributed by atoms with Gasteiger partial charge in [0.15, 0.2) is 5.96 Å². The number of likely N-dealkylation sites (N-methyl/N-ethyl adjacent to an activating group) is 1. The predicted octanol–water partition coefficient (Wildman–Crippen LogP) is 1.51. The molecule has 1 amide bonds. The van der Waals surface area contributed by atoms with Gasteiger partial charge >= 0.3 is 0 Å². The number of carbonyl (C=O) groups excluding carboxylic acids is 1. The first-order valence-corrected chi connectivity index (χ1v) is 8.75. The van der Waals surface area contributed by atoms with Crippen LogP contribution in [0.3, 0.4) is 0 Å². The first-order valence-electron chi connectivity index (χ1n) is 8.75. The third-order valence-corrected chi connectivity index (χ3v) is 5.32.